The molecule has 2 aromatic rings. The van der Waals surface area contributed by atoms with Crippen LogP contribution in [0.4, 0.5) is 0 Å². The van der Waals surface area contributed by atoms with E-state index in [0.717, 1.165) is 31.4 Å². The number of hydrogen-bond donors (Lipinski definition) is 0. The predicted octanol–water partition coefficient (Wildman–Crippen LogP) is 2.85. The minimum Gasteiger partial charge on any atom is -0.372 e. The third-order valence-electron chi connectivity index (χ3n) is 4.81. The fourth-order valence-electron chi connectivity index (χ4n) is 3.67. The molecule has 1 fully saturated rings. The molecule has 2 atom stereocenters. The molecule has 0 aliphatic carbocycles. The van der Waals surface area contributed by atoms with Gasteiger partial charge in [0.25, 0.3) is 0 Å². The molecule has 1 amide bonds. The molecule has 2 aromatic heterocycles. The predicted molar refractivity (Wildman–Crippen MR) is 88.2 cm³/mol. The molecule has 23 heavy (non-hydrogen) atoms. The smallest absolute Gasteiger partial charge is 0.226 e. The van der Waals surface area contributed by atoms with E-state index >= 15 is 0 Å². The Morgan fingerprint density at radius 1 is 1.52 bits per heavy atom. The Kier molecular flexibility index (Phi) is 3.95. The van der Waals surface area contributed by atoms with Gasteiger partial charge in [0, 0.05) is 30.2 Å². The first-order valence-electron chi connectivity index (χ1n) is 8.18. The summed E-state index contributed by atoms with van der Waals surface area (Å²) in [4.78, 5) is 16.1. The number of aryl methyl sites for hydroxylation is 1. The highest BCUT2D eigenvalue weighted by Crippen LogP contribution is 2.37. The van der Waals surface area contributed by atoms with Crippen LogP contribution in [0.2, 0.25) is 0 Å². The first-order chi connectivity index (χ1) is 11.2. The van der Waals surface area contributed by atoms with Gasteiger partial charge in [-0.3, -0.25) is 9.48 Å². The van der Waals surface area contributed by atoms with E-state index in [1.54, 1.807) is 16.0 Å². The zero-order valence-electron chi connectivity index (χ0n) is 13.3. The molecule has 0 spiro atoms. The first-order valence-corrected chi connectivity index (χ1v) is 9.06. The average Bonchev–Trinajstić information content (AvgIpc) is 3.26. The van der Waals surface area contributed by atoms with Gasteiger partial charge < -0.3 is 9.64 Å². The summed E-state index contributed by atoms with van der Waals surface area (Å²) in [5.41, 5.74) is 2.49. The minimum absolute atomic E-state index is 0.0681. The van der Waals surface area contributed by atoms with Crippen LogP contribution in [0.15, 0.2) is 23.8 Å². The number of carbonyl (C=O) groups is 1. The number of likely N-dealkylation sites (tertiary alicyclic amines) is 1. The van der Waals surface area contributed by atoms with Gasteiger partial charge in [-0.1, -0.05) is 0 Å². The Morgan fingerprint density at radius 3 is 3.26 bits per heavy atom. The van der Waals surface area contributed by atoms with E-state index in [9.17, 15) is 4.79 Å². The van der Waals surface area contributed by atoms with Gasteiger partial charge >= 0.3 is 0 Å². The lowest BCUT2D eigenvalue weighted by Crippen LogP contribution is -2.32. The van der Waals surface area contributed by atoms with Crippen molar-refractivity contribution in [1.29, 1.82) is 0 Å². The molecule has 4 heterocycles. The second-order valence-corrected chi connectivity index (χ2v) is 7.26. The summed E-state index contributed by atoms with van der Waals surface area (Å²) >= 11 is 1.71. The lowest BCUT2D eigenvalue weighted by atomic mass is 10.0. The number of nitrogens with zero attached hydrogens (tertiary/aromatic N) is 3. The van der Waals surface area contributed by atoms with Crippen molar-refractivity contribution in [1.82, 2.24) is 14.7 Å². The summed E-state index contributed by atoms with van der Waals surface area (Å²) in [6.07, 6.45) is 7.32. The van der Waals surface area contributed by atoms with Gasteiger partial charge in [0.15, 0.2) is 0 Å². The molecule has 122 valence electrons. The number of carbonyl (C=O) groups excluding carboxylic acids is 1. The maximum atomic E-state index is 12.9. The normalized spacial score (nSPS) is 24.0. The molecule has 4 rings (SSSR count). The van der Waals surface area contributed by atoms with Crippen LogP contribution in [0.3, 0.4) is 0 Å². The van der Waals surface area contributed by atoms with Gasteiger partial charge in [0.2, 0.25) is 5.91 Å². The lowest BCUT2D eigenvalue weighted by molar-refractivity contribution is -0.135. The Labute approximate surface area is 139 Å². The SMILES string of the molecule is Cn1cc([C@H]2CCCN2C(=O)C[C@H]2OCCc3ccsc32)cn1. The number of aromatic nitrogens is 2. The first kappa shape index (κ1) is 14.9. The summed E-state index contributed by atoms with van der Waals surface area (Å²) in [5.74, 6) is 0.197. The van der Waals surface area contributed by atoms with Gasteiger partial charge in [-0.2, -0.15) is 5.10 Å². The van der Waals surface area contributed by atoms with Crippen LogP contribution in [0.1, 0.15) is 47.4 Å². The molecule has 5 nitrogen and oxygen atoms in total. The fourth-order valence-corrected chi connectivity index (χ4v) is 4.68. The molecule has 2 aliphatic heterocycles. The zero-order valence-corrected chi connectivity index (χ0v) is 14.1. The molecule has 2 aliphatic rings. The Hall–Kier alpha value is -1.66. The van der Waals surface area contributed by atoms with Gasteiger partial charge in [0.1, 0.15) is 6.10 Å². The average molecular weight is 331 g/mol. The second-order valence-electron chi connectivity index (χ2n) is 6.32. The monoisotopic (exact) mass is 331 g/mol. The van der Waals surface area contributed by atoms with Crippen molar-refractivity contribution in [2.45, 2.75) is 37.8 Å². The topological polar surface area (TPSA) is 47.4 Å². The van der Waals surface area contributed by atoms with Crippen molar-refractivity contribution >= 4 is 17.2 Å². The zero-order chi connectivity index (χ0) is 15.8. The van der Waals surface area contributed by atoms with Crippen LogP contribution in [0, 0.1) is 0 Å². The Morgan fingerprint density at radius 2 is 2.43 bits per heavy atom. The Bertz CT molecular complexity index is 708. The van der Waals surface area contributed by atoms with Crippen LogP contribution < -0.4 is 0 Å². The number of rotatable bonds is 3. The molecular weight excluding hydrogens is 310 g/mol. The molecule has 0 unspecified atom stereocenters. The largest absolute Gasteiger partial charge is 0.372 e. The molecule has 0 bridgehead atoms. The number of ether oxygens (including phenoxy) is 1. The van der Waals surface area contributed by atoms with Gasteiger partial charge in [-0.25, -0.2) is 0 Å². The van der Waals surface area contributed by atoms with Crippen molar-refractivity contribution in [3.63, 3.8) is 0 Å². The maximum absolute atomic E-state index is 12.9. The van der Waals surface area contributed by atoms with E-state index in [2.05, 4.69) is 16.5 Å². The fraction of sp³-hybridized carbons (Fsp3) is 0.529. The highest BCUT2D eigenvalue weighted by Gasteiger charge is 2.33. The quantitative estimate of drug-likeness (QED) is 0.869. The standard InChI is InChI=1S/C17H21N3O2S/c1-19-11-13(10-18-19)14-3-2-6-20(14)16(21)9-15-17-12(4-7-22-15)5-8-23-17/h5,8,10-11,14-15H,2-4,6-7,9H2,1H3/t14-,15-/m1/s1. The summed E-state index contributed by atoms with van der Waals surface area (Å²) in [5, 5.41) is 6.35. The van der Waals surface area contributed by atoms with Crippen LogP contribution in [0.25, 0.3) is 0 Å². The van der Waals surface area contributed by atoms with Gasteiger partial charge in [0.05, 0.1) is 25.3 Å². The van der Waals surface area contributed by atoms with Crippen LogP contribution in [-0.4, -0.2) is 33.7 Å². The van der Waals surface area contributed by atoms with E-state index in [4.69, 9.17) is 4.74 Å². The molecule has 0 radical (unpaired) electrons. The van der Waals surface area contributed by atoms with Gasteiger partial charge in [-0.05, 0) is 36.3 Å². The van der Waals surface area contributed by atoms with E-state index in [-0.39, 0.29) is 18.1 Å². The van der Waals surface area contributed by atoms with Crippen LogP contribution >= 0.6 is 11.3 Å². The van der Waals surface area contributed by atoms with Gasteiger partial charge in [-0.15, -0.1) is 11.3 Å². The third-order valence-corrected chi connectivity index (χ3v) is 5.86. The van der Waals surface area contributed by atoms with Crippen LogP contribution in [-0.2, 0) is 23.0 Å². The van der Waals surface area contributed by atoms with Crippen molar-refractivity contribution in [3.05, 3.63) is 39.8 Å². The van der Waals surface area contributed by atoms with E-state index in [1.807, 2.05) is 24.3 Å². The molecule has 0 saturated carbocycles. The van der Waals surface area contributed by atoms with Crippen molar-refractivity contribution in [3.8, 4) is 0 Å². The summed E-state index contributed by atoms with van der Waals surface area (Å²) in [7, 11) is 1.92. The molecular formula is C17H21N3O2S. The second kappa shape index (κ2) is 6.09. The number of hydrogen-bond acceptors (Lipinski definition) is 4. The molecule has 1 saturated heterocycles. The number of amides is 1. The van der Waals surface area contributed by atoms with Crippen molar-refractivity contribution in [2.24, 2.45) is 7.05 Å². The molecule has 6 heteroatoms. The highest BCUT2D eigenvalue weighted by atomic mass is 32.1. The molecule has 0 aromatic carbocycles. The van der Waals surface area contributed by atoms with E-state index < -0.39 is 0 Å². The minimum atomic E-state index is -0.0681. The summed E-state index contributed by atoms with van der Waals surface area (Å²) < 4.78 is 7.69. The third kappa shape index (κ3) is 2.81. The number of thiophene rings is 1. The highest BCUT2D eigenvalue weighted by molar-refractivity contribution is 7.10. The van der Waals surface area contributed by atoms with Crippen molar-refractivity contribution in [2.75, 3.05) is 13.2 Å². The lowest BCUT2D eigenvalue weighted by Gasteiger charge is -2.28. The molecule has 0 N–H and O–H groups in total. The van der Waals surface area contributed by atoms with Crippen LogP contribution in [0.5, 0.6) is 0 Å². The van der Waals surface area contributed by atoms with E-state index in [0.29, 0.717) is 13.0 Å². The Balaban J connectivity index is 1.49. The summed E-state index contributed by atoms with van der Waals surface area (Å²) in [6.45, 7) is 1.55. The number of fused-ring (bicyclic) bond motifs is 1. The maximum Gasteiger partial charge on any atom is 0.226 e. The van der Waals surface area contributed by atoms with E-state index in [1.165, 1.54) is 10.4 Å². The van der Waals surface area contributed by atoms with Crippen molar-refractivity contribution < 1.29 is 9.53 Å². The summed E-state index contributed by atoms with van der Waals surface area (Å²) in [6, 6.07) is 2.33.